The van der Waals surface area contributed by atoms with Gasteiger partial charge in [-0.2, -0.15) is 0 Å². The number of hydrogen-bond donors (Lipinski definition) is 1. The molecule has 0 aromatic heterocycles. The molecule has 3 heteroatoms. The van der Waals surface area contributed by atoms with Crippen LogP contribution < -0.4 is 10.1 Å². The molecule has 2 nitrogen and oxygen atoms in total. The summed E-state index contributed by atoms with van der Waals surface area (Å²) in [5.74, 6) is 1.76. The molecule has 1 fully saturated rings. The van der Waals surface area contributed by atoms with Gasteiger partial charge < -0.3 is 10.1 Å². The predicted molar refractivity (Wildman–Crippen MR) is 94.1 cm³/mol. The molecule has 0 heterocycles. The minimum Gasteiger partial charge on any atom is -0.495 e. The van der Waals surface area contributed by atoms with Crippen LogP contribution in [0.1, 0.15) is 52.9 Å². The van der Waals surface area contributed by atoms with E-state index in [0.29, 0.717) is 11.5 Å². The number of ether oxygens (including phenoxy) is 1. The summed E-state index contributed by atoms with van der Waals surface area (Å²) in [6.07, 6.45) is 6.50. The molecule has 1 aliphatic rings. The van der Waals surface area contributed by atoms with Gasteiger partial charge in [-0.1, -0.05) is 27.2 Å². The highest BCUT2D eigenvalue weighted by Crippen LogP contribution is 2.41. The van der Waals surface area contributed by atoms with Crippen LogP contribution >= 0.6 is 15.9 Å². The van der Waals surface area contributed by atoms with E-state index < -0.39 is 0 Å². The van der Waals surface area contributed by atoms with E-state index in [1.165, 1.54) is 32.1 Å². The van der Waals surface area contributed by atoms with Crippen LogP contribution in [0.3, 0.4) is 0 Å². The molecule has 0 spiro atoms. The van der Waals surface area contributed by atoms with Crippen LogP contribution in [0.15, 0.2) is 22.7 Å². The first-order valence-corrected chi connectivity index (χ1v) is 8.85. The minimum atomic E-state index is 0.492. The van der Waals surface area contributed by atoms with Crippen molar-refractivity contribution >= 4 is 21.6 Å². The zero-order valence-electron chi connectivity index (χ0n) is 13.7. The molecule has 0 radical (unpaired) electrons. The highest BCUT2D eigenvalue weighted by Gasteiger charge is 2.31. The standard InChI is InChI=1S/C18H28BrNO/c1-5-18(2,3)13-6-8-14(9-7-13)20-15-10-11-16(19)17(12-15)21-4/h10-14,20H,5-9H2,1-4H3. The number of anilines is 1. The number of hydrogen-bond acceptors (Lipinski definition) is 2. The molecule has 1 saturated carbocycles. The van der Waals surface area contributed by atoms with Crippen LogP contribution in [0.5, 0.6) is 5.75 Å². The van der Waals surface area contributed by atoms with Crippen molar-refractivity contribution in [3.05, 3.63) is 22.7 Å². The van der Waals surface area contributed by atoms with Gasteiger partial charge in [0.15, 0.2) is 0 Å². The van der Waals surface area contributed by atoms with Crippen molar-refractivity contribution in [3.63, 3.8) is 0 Å². The molecule has 1 aromatic rings. The van der Waals surface area contributed by atoms with E-state index in [-0.39, 0.29) is 0 Å². The normalized spacial score (nSPS) is 22.9. The maximum absolute atomic E-state index is 5.36. The topological polar surface area (TPSA) is 21.3 Å². The van der Waals surface area contributed by atoms with E-state index >= 15 is 0 Å². The first kappa shape index (κ1) is 16.7. The molecular formula is C18H28BrNO. The van der Waals surface area contributed by atoms with Gasteiger partial charge in [-0.15, -0.1) is 0 Å². The van der Waals surface area contributed by atoms with Gasteiger partial charge in [0.1, 0.15) is 5.75 Å². The zero-order chi connectivity index (χ0) is 15.5. The summed E-state index contributed by atoms with van der Waals surface area (Å²) in [5.41, 5.74) is 1.65. The Morgan fingerprint density at radius 1 is 1.24 bits per heavy atom. The summed E-state index contributed by atoms with van der Waals surface area (Å²) in [6.45, 7) is 7.16. The molecule has 0 aliphatic heterocycles. The molecule has 1 aliphatic carbocycles. The predicted octanol–water partition coefficient (Wildman–Crippen LogP) is 5.86. The van der Waals surface area contributed by atoms with Crippen LogP contribution in [0, 0.1) is 11.3 Å². The molecule has 0 atom stereocenters. The number of nitrogens with one attached hydrogen (secondary N) is 1. The molecule has 0 amide bonds. The Balaban J connectivity index is 1.92. The molecule has 1 aromatic carbocycles. The Morgan fingerprint density at radius 2 is 1.90 bits per heavy atom. The van der Waals surface area contributed by atoms with Gasteiger partial charge in [0, 0.05) is 17.8 Å². The van der Waals surface area contributed by atoms with Crippen molar-refractivity contribution in [2.45, 2.75) is 58.9 Å². The number of halogens is 1. The van der Waals surface area contributed by atoms with E-state index in [1.807, 2.05) is 6.07 Å². The molecular weight excluding hydrogens is 326 g/mol. The average Bonchev–Trinajstić information content (AvgIpc) is 2.49. The molecule has 21 heavy (non-hydrogen) atoms. The van der Waals surface area contributed by atoms with Gasteiger partial charge in [0.25, 0.3) is 0 Å². The number of methoxy groups -OCH3 is 1. The summed E-state index contributed by atoms with van der Waals surface area (Å²) >= 11 is 3.50. The van der Waals surface area contributed by atoms with Gasteiger partial charge in [-0.3, -0.25) is 0 Å². The van der Waals surface area contributed by atoms with E-state index in [0.717, 1.165) is 21.8 Å². The molecule has 0 unspecified atom stereocenters. The Bertz CT molecular complexity index is 464. The summed E-state index contributed by atoms with van der Waals surface area (Å²) in [7, 11) is 1.71. The van der Waals surface area contributed by atoms with Crippen LogP contribution in [-0.2, 0) is 0 Å². The maximum atomic E-state index is 5.36. The lowest BCUT2D eigenvalue weighted by Crippen LogP contribution is -2.32. The minimum absolute atomic E-state index is 0.492. The van der Waals surface area contributed by atoms with Gasteiger partial charge in [0.05, 0.1) is 11.6 Å². The fourth-order valence-electron chi connectivity index (χ4n) is 3.29. The Morgan fingerprint density at radius 3 is 2.48 bits per heavy atom. The lowest BCUT2D eigenvalue weighted by atomic mass is 9.69. The third-order valence-corrected chi connectivity index (χ3v) is 5.92. The quantitative estimate of drug-likeness (QED) is 0.715. The van der Waals surface area contributed by atoms with E-state index in [2.05, 4.69) is 54.2 Å². The van der Waals surface area contributed by atoms with Crippen molar-refractivity contribution in [1.82, 2.24) is 0 Å². The van der Waals surface area contributed by atoms with Crippen LogP contribution in [0.2, 0.25) is 0 Å². The van der Waals surface area contributed by atoms with Crippen molar-refractivity contribution in [1.29, 1.82) is 0 Å². The number of benzene rings is 1. The van der Waals surface area contributed by atoms with Crippen molar-refractivity contribution < 1.29 is 4.74 Å². The third kappa shape index (κ3) is 4.15. The lowest BCUT2D eigenvalue weighted by Gasteiger charge is -2.39. The first-order valence-electron chi connectivity index (χ1n) is 8.06. The monoisotopic (exact) mass is 353 g/mol. The first-order chi connectivity index (χ1) is 9.96. The van der Waals surface area contributed by atoms with Gasteiger partial charge >= 0.3 is 0 Å². The molecule has 1 N–H and O–H groups in total. The number of rotatable bonds is 5. The zero-order valence-corrected chi connectivity index (χ0v) is 15.3. The highest BCUT2D eigenvalue weighted by molar-refractivity contribution is 9.10. The molecule has 0 saturated heterocycles. The van der Waals surface area contributed by atoms with Crippen LogP contribution in [0.4, 0.5) is 5.69 Å². The second-order valence-corrected chi connectivity index (χ2v) is 7.74. The second kappa shape index (κ2) is 7.04. The van der Waals surface area contributed by atoms with Gasteiger partial charge in [0.2, 0.25) is 0 Å². The van der Waals surface area contributed by atoms with Crippen molar-refractivity contribution in [2.24, 2.45) is 11.3 Å². The van der Waals surface area contributed by atoms with E-state index in [4.69, 9.17) is 4.74 Å². The third-order valence-electron chi connectivity index (χ3n) is 5.27. The Labute approximate surface area is 137 Å². The van der Waals surface area contributed by atoms with Crippen molar-refractivity contribution in [3.8, 4) is 5.75 Å². The second-order valence-electron chi connectivity index (χ2n) is 6.88. The fraction of sp³-hybridized carbons (Fsp3) is 0.667. The van der Waals surface area contributed by atoms with Gasteiger partial charge in [-0.25, -0.2) is 0 Å². The van der Waals surface area contributed by atoms with Gasteiger partial charge in [-0.05, 0) is 65.1 Å². The summed E-state index contributed by atoms with van der Waals surface area (Å²) in [5, 5.41) is 3.67. The van der Waals surface area contributed by atoms with Crippen LogP contribution in [0.25, 0.3) is 0 Å². The Kier molecular flexibility index (Phi) is 5.59. The summed E-state index contributed by atoms with van der Waals surface area (Å²) < 4.78 is 6.37. The van der Waals surface area contributed by atoms with Crippen LogP contribution in [-0.4, -0.2) is 13.2 Å². The highest BCUT2D eigenvalue weighted by atomic mass is 79.9. The average molecular weight is 354 g/mol. The van der Waals surface area contributed by atoms with Crippen molar-refractivity contribution in [2.75, 3.05) is 12.4 Å². The molecule has 2 rings (SSSR count). The maximum Gasteiger partial charge on any atom is 0.135 e. The largest absolute Gasteiger partial charge is 0.495 e. The smallest absolute Gasteiger partial charge is 0.135 e. The summed E-state index contributed by atoms with van der Waals surface area (Å²) in [4.78, 5) is 0. The van der Waals surface area contributed by atoms with E-state index in [1.54, 1.807) is 7.11 Å². The Hall–Kier alpha value is -0.700. The van der Waals surface area contributed by atoms with E-state index in [9.17, 15) is 0 Å². The lowest BCUT2D eigenvalue weighted by molar-refractivity contribution is 0.147. The SMILES string of the molecule is CCC(C)(C)C1CCC(Nc2ccc(Br)c(OC)c2)CC1. The molecule has 118 valence electrons. The summed E-state index contributed by atoms with van der Waals surface area (Å²) in [6, 6.07) is 6.84. The fourth-order valence-corrected chi connectivity index (χ4v) is 3.70. The molecule has 0 bridgehead atoms.